The van der Waals surface area contributed by atoms with Crippen LogP contribution in [0.1, 0.15) is 53.4 Å². The summed E-state index contributed by atoms with van der Waals surface area (Å²) < 4.78 is 9.48. The molecule has 0 aromatic heterocycles. The van der Waals surface area contributed by atoms with E-state index in [2.05, 4.69) is 39.0 Å². The highest BCUT2D eigenvalue weighted by atomic mass is 16.5. The van der Waals surface area contributed by atoms with Crippen molar-refractivity contribution in [1.82, 2.24) is 0 Å². The fourth-order valence-electron chi connectivity index (χ4n) is 1.68. The molecule has 0 heterocycles. The van der Waals surface area contributed by atoms with Crippen molar-refractivity contribution in [3.05, 3.63) is 12.3 Å². The summed E-state index contributed by atoms with van der Waals surface area (Å²) in [6.07, 6.45) is 5.88. The number of carbonyl (C=O) groups excluding carboxylic acids is 1. The summed E-state index contributed by atoms with van der Waals surface area (Å²) in [5.74, 6) is 0.367. The minimum Gasteiger partial charge on any atom is -0.490 e. The predicted molar refractivity (Wildman–Crippen MR) is 89.8 cm³/mol. The van der Waals surface area contributed by atoms with Crippen LogP contribution in [0.2, 0.25) is 0 Å². The quantitative estimate of drug-likeness (QED) is 0.630. The van der Waals surface area contributed by atoms with Crippen molar-refractivity contribution in [2.24, 2.45) is 11.8 Å². The molecule has 0 bridgehead atoms. The van der Waals surface area contributed by atoms with Crippen molar-refractivity contribution >= 4 is 12.8 Å². The van der Waals surface area contributed by atoms with Gasteiger partial charge in [0.15, 0.2) is 5.76 Å². The Morgan fingerprint density at radius 1 is 1.18 bits per heavy atom. The Morgan fingerprint density at radius 3 is 1.82 bits per heavy atom. The number of carboxylic acid groups (broad SMARTS) is 1. The van der Waals surface area contributed by atoms with Gasteiger partial charge in [0, 0.05) is 7.11 Å². The molecule has 2 unspecified atom stereocenters. The van der Waals surface area contributed by atoms with Gasteiger partial charge in [-0.1, -0.05) is 40.5 Å². The van der Waals surface area contributed by atoms with E-state index in [0.29, 0.717) is 6.10 Å². The van der Waals surface area contributed by atoms with Gasteiger partial charge in [-0.2, -0.15) is 0 Å². The first-order valence-electron chi connectivity index (χ1n) is 7.52. The molecule has 1 rings (SSSR count). The summed E-state index contributed by atoms with van der Waals surface area (Å²) in [5.41, 5.74) is 0. The highest BCUT2D eigenvalue weighted by Gasteiger charge is 2.17. The van der Waals surface area contributed by atoms with Gasteiger partial charge < -0.3 is 19.4 Å². The van der Waals surface area contributed by atoms with E-state index >= 15 is 0 Å². The number of carboxylic acids is 1. The Balaban J connectivity index is -0.000000249. The largest absolute Gasteiger partial charge is 0.490 e. The lowest BCUT2D eigenvalue weighted by Crippen LogP contribution is -2.19. The van der Waals surface area contributed by atoms with E-state index in [0.717, 1.165) is 11.8 Å². The number of aliphatic carboxylic acids is 1. The first kappa shape index (κ1) is 25.6. The standard InChI is InChI=1S/C8H16O.C4H6O3.C4H10.CH2O/c1-7-4-3-5-8(6-7)9-2;1-3(7-2)4(5)6;1-4(2)3;1-2/h7-8H,3-6H2,1-2H3;1H2,2H3,(H,5,6);4H,1-3H3;1H2. The van der Waals surface area contributed by atoms with E-state index in [4.69, 9.17) is 14.6 Å². The highest BCUT2D eigenvalue weighted by molar-refractivity contribution is 5.83. The van der Waals surface area contributed by atoms with Gasteiger partial charge in [-0.05, 0) is 31.3 Å². The SMILES string of the molecule is C=C(OC)C(=O)O.C=O.CC(C)C.COC1CCCC(C)C1. The van der Waals surface area contributed by atoms with Crippen molar-refractivity contribution in [3.8, 4) is 0 Å². The second kappa shape index (κ2) is 17.7. The molecule has 1 aliphatic rings. The van der Waals surface area contributed by atoms with Crippen LogP contribution in [0.15, 0.2) is 12.3 Å². The van der Waals surface area contributed by atoms with Gasteiger partial charge in [0.25, 0.3) is 0 Å². The molecule has 0 aromatic rings. The number of hydrogen-bond acceptors (Lipinski definition) is 4. The zero-order chi connectivity index (χ0) is 18.1. The molecule has 0 spiro atoms. The average Bonchev–Trinajstić information content (AvgIpc) is 2.48. The Morgan fingerprint density at radius 2 is 1.64 bits per heavy atom. The monoisotopic (exact) mass is 318 g/mol. The smallest absolute Gasteiger partial charge is 0.370 e. The molecule has 0 radical (unpaired) electrons. The molecule has 1 saturated carbocycles. The summed E-state index contributed by atoms with van der Waals surface area (Å²) in [6, 6.07) is 0. The van der Waals surface area contributed by atoms with Crippen molar-refractivity contribution in [3.63, 3.8) is 0 Å². The van der Waals surface area contributed by atoms with E-state index in [1.165, 1.54) is 32.8 Å². The van der Waals surface area contributed by atoms with Crippen LogP contribution in [0.4, 0.5) is 0 Å². The molecular weight excluding hydrogens is 284 g/mol. The Bertz CT molecular complexity index is 273. The minimum atomic E-state index is -1.12. The van der Waals surface area contributed by atoms with Gasteiger partial charge in [-0.3, -0.25) is 0 Å². The average molecular weight is 318 g/mol. The van der Waals surface area contributed by atoms with Gasteiger partial charge >= 0.3 is 5.97 Å². The lowest BCUT2D eigenvalue weighted by molar-refractivity contribution is -0.136. The zero-order valence-corrected chi connectivity index (χ0v) is 15.1. The number of ether oxygens (including phenoxy) is 2. The molecule has 0 aliphatic heterocycles. The van der Waals surface area contributed by atoms with E-state index in [1.807, 2.05) is 13.9 Å². The topological polar surface area (TPSA) is 72.8 Å². The highest BCUT2D eigenvalue weighted by Crippen LogP contribution is 2.24. The van der Waals surface area contributed by atoms with E-state index in [-0.39, 0.29) is 5.76 Å². The molecule has 2 atom stereocenters. The Hall–Kier alpha value is -1.36. The molecule has 22 heavy (non-hydrogen) atoms. The van der Waals surface area contributed by atoms with E-state index in [1.54, 1.807) is 0 Å². The Kier molecular flexibility index (Phi) is 20.6. The normalized spacial score (nSPS) is 19.2. The third-order valence-electron chi connectivity index (χ3n) is 2.71. The molecule has 0 amide bonds. The van der Waals surface area contributed by atoms with E-state index < -0.39 is 5.97 Å². The summed E-state index contributed by atoms with van der Waals surface area (Å²) in [5, 5.41) is 7.96. The minimum absolute atomic E-state index is 0.236. The Labute approximate surface area is 135 Å². The summed E-state index contributed by atoms with van der Waals surface area (Å²) >= 11 is 0. The molecule has 5 nitrogen and oxygen atoms in total. The lowest BCUT2D eigenvalue weighted by Gasteiger charge is -2.25. The van der Waals surface area contributed by atoms with Crippen LogP contribution < -0.4 is 0 Å². The number of hydrogen-bond donors (Lipinski definition) is 1. The van der Waals surface area contributed by atoms with Crippen LogP contribution in [0.5, 0.6) is 0 Å². The van der Waals surface area contributed by atoms with Gasteiger partial charge in [-0.15, -0.1) is 0 Å². The van der Waals surface area contributed by atoms with Crippen molar-refractivity contribution < 1.29 is 24.2 Å². The maximum atomic E-state index is 9.71. The number of rotatable bonds is 3. The van der Waals surface area contributed by atoms with Gasteiger partial charge in [-0.25, -0.2) is 4.79 Å². The molecular formula is C17H34O5. The van der Waals surface area contributed by atoms with Crippen LogP contribution in [0.3, 0.4) is 0 Å². The third-order valence-corrected chi connectivity index (χ3v) is 2.71. The van der Waals surface area contributed by atoms with Gasteiger partial charge in [0.05, 0.1) is 13.2 Å². The fourth-order valence-corrected chi connectivity index (χ4v) is 1.68. The molecule has 0 saturated heterocycles. The maximum absolute atomic E-state index is 9.71. The van der Waals surface area contributed by atoms with Crippen LogP contribution in [-0.4, -0.2) is 38.2 Å². The second-order valence-corrected chi connectivity index (χ2v) is 5.79. The molecule has 132 valence electrons. The van der Waals surface area contributed by atoms with Gasteiger partial charge in [0.2, 0.25) is 0 Å². The lowest BCUT2D eigenvalue weighted by atomic mass is 9.89. The second-order valence-electron chi connectivity index (χ2n) is 5.79. The molecule has 0 aromatic carbocycles. The predicted octanol–water partition coefficient (Wildman–Crippen LogP) is 3.92. The molecule has 1 fully saturated rings. The van der Waals surface area contributed by atoms with E-state index in [9.17, 15) is 4.79 Å². The van der Waals surface area contributed by atoms with Crippen LogP contribution in [-0.2, 0) is 19.1 Å². The maximum Gasteiger partial charge on any atom is 0.370 e. The summed E-state index contributed by atoms with van der Waals surface area (Å²) in [7, 11) is 3.08. The van der Waals surface area contributed by atoms with Crippen molar-refractivity contribution in [2.45, 2.75) is 59.5 Å². The van der Waals surface area contributed by atoms with Crippen LogP contribution >= 0.6 is 0 Å². The van der Waals surface area contributed by atoms with Crippen molar-refractivity contribution in [1.29, 1.82) is 0 Å². The number of carbonyl (C=O) groups is 2. The molecule has 1 N–H and O–H groups in total. The molecule has 5 heteroatoms. The molecule has 1 aliphatic carbocycles. The number of methoxy groups -OCH3 is 2. The first-order chi connectivity index (χ1) is 10.2. The van der Waals surface area contributed by atoms with Gasteiger partial charge in [0.1, 0.15) is 6.79 Å². The van der Waals surface area contributed by atoms with Crippen LogP contribution in [0.25, 0.3) is 0 Å². The fraction of sp³-hybridized carbons (Fsp3) is 0.765. The third kappa shape index (κ3) is 20.9. The first-order valence-corrected chi connectivity index (χ1v) is 7.52. The van der Waals surface area contributed by atoms with Crippen molar-refractivity contribution in [2.75, 3.05) is 14.2 Å². The zero-order valence-electron chi connectivity index (χ0n) is 15.1. The summed E-state index contributed by atoms with van der Waals surface area (Å²) in [4.78, 5) is 17.7. The van der Waals surface area contributed by atoms with Crippen LogP contribution in [0, 0.1) is 11.8 Å². The summed E-state index contributed by atoms with van der Waals surface area (Å²) in [6.45, 7) is 13.9.